The van der Waals surface area contributed by atoms with Crippen molar-refractivity contribution in [1.29, 1.82) is 0 Å². The zero-order valence-electron chi connectivity index (χ0n) is 18.4. The van der Waals surface area contributed by atoms with E-state index in [0.29, 0.717) is 31.2 Å². The van der Waals surface area contributed by atoms with Gasteiger partial charge in [0.25, 0.3) is 0 Å². The third kappa shape index (κ3) is 3.98. The highest BCUT2D eigenvalue weighted by Crippen LogP contribution is 2.31. The molecule has 0 saturated carbocycles. The number of amides is 2. The molecular weight excluding hydrogens is 406 g/mol. The van der Waals surface area contributed by atoms with Gasteiger partial charge in [0.15, 0.2) is 0 Å². The summed E-state index contributed by atoms with van der Waals surface area (Å²) in [6.45, 7) is 12.0. The van der Waals surface area contributed by atoms with Gasteiger partial charge in [0, 0.05) is 39.3 Å². The van der Waals surface area contributed by atoms with E-state index in [1.165, 1.54) is 14.1 Å². The van der Waals surface area contributed by atoms with Gasteiger partial charge in [0.2, 0.25) is 10.0 Å². The van der Waals surface area contributed by atoms with Crippen LogP contribution in [0.5, 0.6) is 0 Å². The highest BCUT2D eigenvalue weighted by atomic mass is 32.2. The lowest BCUT2D eigenvalue weighted by atomic mass is 9.95. The van der Waals surface area contributed by atoms with Gasteiger partial charge in [0.1, 0.15) is 0 Å². The molecule has 3 rings (SSSR count). The smallest absolute Gasteiger partial charge is 0.312 e. The first kappa shape index (κ1) is 22.7. The van der Waals surface area contributed by atoms with Gasteiger partial charge in [-0.2, -0.15) is 4.31 Å². The van der Waals surface area contributed by atoms with E-state index in [0.717, 1.165) is 27.8 Å². The monoisotopic (exact) mass is 437 g/mol. The summed E-state index contributed by atoms with van der Waals surface area (Å²) in [6.07, 6.45) is 0. The van der Waals surface area contributed by atoms with Gasteiger partial charge >= 0.3 is 11.8 Å². The largest absolute Gasteiger partial charge is 0.378 e. The van der Waals surface area contributed by atoms with Crippen LogP contribution in [0.2, 0.25) is 0 Å². The van der Waals surface area contributed by atoms with E-state index in [1.807, 2.05) is 34.6 Å². The Labute approximate surface area is 178 Å². The summed E-state index contributed by atoms with van der Waals surface area (Å²) in [6, 6.07) is 0. The highest BCUT2D eigenvalue weighted by molar-refractivity contribution is 7.89. The first-order valence-electron chi connectivity index (χ1n) is 10.3. The molecule has 1 aromatic carbocycles. The fourth-order valence-electron chi connectivity index (χ4n) is 4.15. The molecule has 0 atom stereocenters. The van der Waals surface area contributed by atoms with E-state index in [1.54, 1.807) is 0 Å². The van der Waals surface area contributed by atoms with Crippen molar-refractivity contribution in [1.82, 2.24) is 14.1 Å². The Kier molecular flexibility index (Phi) is 6.54. The van der Waals surface area contributed by atoms with Crippen LogP contribution in [0, 0.1) is 34.6 Å². The van der Waals surface area contributed by atoms with Gasteiger partial charge in [-0.3, -0.25) is 9.59 Å². The maximum atomic E-state index is 13.4. The predicted octanol–water partition coefficient (Wildman–Crippen LogP) is 0.920. The number of hydrogen-bond acceptors (Lipinski definition) is 5. The lowest BCUT2D eigenvalue weighted by Crippen LogP contribution is -2.55. The lowest BCUT2D eigenvalue weighted by Gasteiger charge is -2.36. The Hall–Kier alpha value is -1.97. The van der Waals surface area contributed by atoms with Gasteiger partial charge in [-0.1, -0.05) is 0 Å². The van der Waals surface area contributed by atoms with E-state index < -0.39 is 21.8 Å². The maximum absolute atomic E-state index is 13.4. The Morgan fingerprint density at radius 1 is 0.667 bits per heavy atom. The Morgan fingerprint density at radius 2 is 1.07 bits per heavy atom. The number of carbonyl (C=O) groups excluding carboxylic acids is 2. The summed E-state index contributed by atoms with van der Waals surface area (Å²) >= 11 is 0. The molecule has 2 saturated heterocycles. The summed E-state index contributed by atoms with van der Waals surface area (Å²) in [5.74, 6) is -1.10. The first-order chi connectivity index (χ1) is 14.1. The van der Waals surface area contributed by atoms with Crippen LogP contribution in [-0.2, 0) is 24.3 Å². The minimum absolute atomic E-state index is 0.176. The summed E-state index contributed by atoms with van der Waals surface area (Å²) < 4.78 is 33.5. The molecule has 2 fully saturated rings. The number of morpholine rings is 1. The van der Waals surface area contributed by atoms with Crippen LogP contribution in [-0.4, -0.2) is 86.8 Å². The number of benzene rings is 1. The Morgan fingerprint density at radius 3 is 1.53 bits per heavy atom. The Balaban J connectivity index is 1.75. The van der Waals surface area contributed by atoms with Crippen molar-refractivity contribution in [2.24, 2.45) is 0 Å². The molecule has 0 bridgehead atoms. The molecule has 9 heteroatoms. The summed E-state index contributed by atoms with van der Waals surface area (Å²) in [7, 11) is -3.69. The predicted molar refractivity (Wildman–Crippen MR) is 113 cm³/mol. The maximum Gasteiger partial charge on any atom is 0.312 e. The molecule has 2 heterocycles. The average molecular weight is 438 g/mol. The molecule has 0 aromatic heterocycles. The lowest BCUT2D eigenvalue weighted by molar-refractivity contribution is -0.154. The van der Waals surface area contributed by atoms with Crippen LogP contribution in [0.4, 0.5) is 0 Å². The number of hydrogen-bond donors (Lipinski definition) is 0. The van der Waals surface area contributed by atoms with E-state index >= 15 is 0 Å². The minimum Gasteiger partial charge on any atom is -0.378 e. The fourth-order valence-corrected chi connectivity index (χ4v) is 6.13. The normalized spacial score (nSPS) is 18.6. The number of sulfonamides is 1. The van der Waals surface area contributed by atoms with Crippen LogP contribution < -0.4 is 0 Å². The van der Waals surface area contributed by atoms with Gasteiger partial charge in [-0.15, -0.1) is 0 Å². The molecule has 0 unspecified atom stereocenters. The van der Waals surface area contributed by atoms with E-state index in [-0.39, 0.29) is 26.2 Å². The number of carbonyl (C=O) groups is 2. The van der Waals surface area contributed by atoms with Gasteiger partial charge in [-0.25, -0.2) is 8.42 Å². The van der Waals surface area contributed by atoms with Crippen LogP contribution in [0.3, 0.4) is 0 Å². The summed E-state index contributed by atoms with van der Waals surface area (Å²) in [5.41, 5.74) is 4.64. The molecule has 2 aliphatic heterocycles. The second-order valence-electron chi connectivity index (χ2n) is 8.05. The second-order valence-corrected chi connectivity index (χ2v) is 9.93. The van der Waals surface area contributed by atoms with Crippen LogP contribution in [0.1, 0.15) is 27.8 Å². The zero-order chi connectivity index (χ0) is 22.2. The standard InChI is InChI=1S/C21H31N3O5S/c1-14-15(2)17(4)19(18(5)16(14)3)30(27,28)24-8-6-22(7-9-24)20(25)21(26)23-10-12-29-13-11-23/h6-13H2,1-5H3. The van der Waals surface area contributed by atoms with E-state index in [2.05, 4.69) is 0 Å². The molecule has 2 amide bonds. The Bertz CT molecular complexity index is 930. The van der Waals surface area contributed by atoms with Gasteiger partial charge in [0.05, 0.1) is 18.1 Å². The summed E-state index contributed by atoms with van der Waals surface area (Å²) in [4.78, 5) is 28.3. The van der Waals surface area contributed by atoms with Gasteiger partial charge in [-0.05, 0) is 62.4 Å². The van der Waals surface area contributed by atoms with E-state index in [4.69, 9.17) is 4.74 Å². The van der Waals surface area contributed by atoms with Crippen LogP contribution >= 0.6 is 0 Å². The van der Waals surface area contributed by atoms with Crippen molar-refractivity contribution in [3.8, 4) is 0 Å². The first-order valence-corrected chi connectivity index (χ1v) is 11.7. The van der Waals surface area contributed by atoms with Crippen molar-refractivity contribution >= 4 is 21.8 Å². The fraction of sp³-hybridized carbons (Fsp3) is 0.619. The quantitative estimate of drug-likeness (QED) is 0.642. The number of ether oxygens (including phenoxy) is 1. The second kappa shape index (κ2) is 8.64. The molecule has 1 aromatic rings. The van der Waals surface area contributed by atoms with Crippen LogP contribution in [0.25, 0.3) is 0 Å². The topological polar surface area (TPSA) is 87.2 Å². The molecular formula is C21H31N3O5S. The molecule has 0 N–H and O–H groups in total. The molecule has 0 aliphatic carbocycles. The highest BCUT2D eigenvalue weighted by Gasteiger charge is 2.35. The SMILES string of the molecule is Cc1c(C)c(C)c(S(=O)(=O)N2CCN(C(=O)C(=O)N3CCOCC3)CC2)c(C)c1C. The van der Waals surface area contributed by atoms with Gasteiger partial charge < -0.3 is 14.5 Å². The molecule has 166 valence electrons. The third-order valence-corrected chi connectivity index (χ3v) is 8.71. The number of nitrogens with zero attached hydrogens (tertiary/aromatic N) is 3. The van der Waals surface area contributed by atoms with Crippen LogP contribution in [0.15, 0.2) is 4.90 Å². The minimum atomic E-state index is -3.69. The number of rotatable bonds is 2. The molecule has 0 radical (unpaired) electrons. The average Bonchev–Trinajstić information content (AvgIpc) is 2.76. The molecule has 0 spiro atoms. The molecule has 2 aliphatic rings. The van der Waals surface area contributed by atoms with Crippen molar-refractivity contribution in [2.75, 3.05) is 52.5 Å². The van der Waals surface area contributed by atoms with Crippen molar-refractivity contribution in [2.45, 2.75) is 39.5 Å². The summed E-state index contributed by atoms with van der Waals surface area (Å²) in [5, 5.41) is 0. The van der Waals surface area contributed by atoms with Crippen molar-refractivity contribution < 1.29 is 22.7 Å². The van der Waals surface area contributed by atoms with E-state index in [9.17, 15) is 18.0 Å². The molecule has 30 heavy (non-hydrogen) atoms. The third-order valence-electron chi connectivity index (χ3n) is 6.54. The van der Waals surface area contributed by atoms with Crippen molar-refractivity contribution in [3.63, 3.8) is 0 Å². The number of piperazine rings is 1. The molecule has 8 nitrogen and oxygen atoms in total. The zero-order valence-corrected chi connectivity index (χ0v) is 19.3. The van der Waals surface area contributed by atoms with Crippen molar-refractivity contribution in [3.05, 3.63) is 27.8 Å².